The molecule has 0 aliphatic carbocycles. The van der Waals surface area contributed by atoms with Crippen LogP contribution in [-0.4, -0.2) is 50.0 Å². The molecule has 0 fully saturated rings. The molecule has 0 amide bonds. The number of likely N-dealkylation sites (N-methyl/N-ethyl adjacent to an activating group) is 1. The third-order valence-electron chi connectivity index (χ3n) is 4.19. The summed E-state index contributed by atoms with van der Waals surface area (Å²) in [7, 11) is 3.59. The first kappa shape index (κ1) is 21.8. The van der Waals surface area contributed by atoms with Crippen molar-refractivity contribution in [2.75, 3.05) is 33.9 Å². The molecule has 2 aromatic carbocycles. The second kappa shape index (κ2) is 11.4. The molecule has 1 unspecified atom stereocenters. The Morgan fingerprint density at radius 3 is 2.46 bits per heavy atom. The number of hydrogen-bond acceptors (Lipinski definition) is 5. The van der Waals surface area contributed by atoms with Crippen molar-refractivity contribution in [3.63, 3.8) is 0 Å². The molecule has 0 spiro atoms. The Hall–Kier alpha value is -2.50. The van der Waals surface area contributed by atoms with Gasteiger partial charge in [0.1, 0.15) is 18.5 Å². The maximum atomic E-state index is 10.3. The molecule has 0 aromatic heterocycles. The van der Waals surface area contributed by atoms with Gasteiger partial charge < -0.3 is 19.3 Å². The molecule has 5 nitrogen and oxygen atoms in total. The number of benzene rings is 2. The number of allylic oxidation sites excluding steroid dienone is 1. The van der Waals surface area contributed by atoms with Crippen molar-refractivity contribution in [3.8, 4) is 17.2 Å². The molecule has 0 saturated carbocycles. The third kappa shape index (κ3) is 6.91. The van der Waals surface area contributed by atoms with E-state index in [1.165, 1.54) is 5.56 Å². The highest BCUT2D eigenvalue weighted by Crippen LogP contribution is 2.28. The molecule has 28 heavy (non-hydrogen) atoms. The van der Waals surface area contributed by atoms with Crippen molar-refractivity contribution >= 4 is 6.08 Å². The Morgan fingerprint density at radius 2 is 1.82 bits per heavy atom. The fraction of sp³-hybridized carbons (Fsp3) is 0.391. The molecule has 0 bridgehead atoms. The molecule has 1 N–H and O–H groups in total. The summed E-state index contributed by atoms with van der Waals surface area (Å²) in [6, 6.07) is 13.8. The minimum absolute atomic E-state index is 0.201. The van der Waals surface area contributed by atoms with E-state index >= 15 is 0 Å². The van der Waals surface area contributed by atoms with Crippen LogP contribution in [0.3, 0.4) is 0 Å². The van der Waals surface area contributed by atoms with Gasteiger partial charge in [-0.25, -0.2) is 0 Å². The van der Waals surface area contributed by atoms with Crippen LogP contribution in [0, 0.1) is 0 Å². The van der Waals surface area contributed by atoms with Crippen LogP contribution < -0.4 is 14.2 Å². The summed E-state index contributed by atoms with van der Waals surface area (Å²) < 4.78 is 16.6. The highest BCUT2D eigenvalue weighted by atomic mass is 16.5. The van der Waals surface area contributed by atoms with E-state index in [2.05, 4.69) is 4.90 Å². The van der Waals surface area contributed by atoms with E-state index in [-0.39, 0.29) is 6.61 Å². The van der Waals surface area contributed by atoms with E-state index < -0.39 is 6.10 Å². The standard InChI is InChI=1S/C23H31NO4/c1-5-7-18-10-13-22(23(14-18)26-4)28-17-20(25)16-24(3)15-19-8-11-21(12-9-19)27-6-2/h5,7-14,20,25H,6,15-17H2,1-4H3/b7-5+. The van der Waals surface area contributed by atoms with Crippen LogP contribution in [0.25, 0.3) is 6.08 Å². The molecule has 0 heterocycles. The highest BCUT2D eigenvalue weighted by Gasteiger charge is 2.12. The van der Waals surface area contributed by atoms with Crippen LogP contribution in [0.1, 0.15) is 25.0 Å². The normalized spacial score (nSPS) is 12.4. The minimum atomic E-state index is -0.604. The van der Waals surface area contributed by atoms with Crippen molar-refractivity contribution < 1.29 is 19.3 Å². The Labute approximate surface area is 168 Å². The lowest BCUT2D eigenvalue weighted by Gasteiger charge is -2.21. The predicted molar refractivity (Wildman–Crippen MR) is 113 cm³/mol. The van der Waals surface area contributed by atoms with E-state index in [1.54, 1.807) is 7.11 Å². The Bertz CT molecular complexity index is 743. The molecular formula is C23H31NO4. The quantitative estimate of drug-likeness (QED) is 0.634. The van der Waals surface area contributed by atoms with Crippen LogP contribution in [0.5, 0.6) is 17.2 Å². The van der Waals surface area contributed by atoms with Crippen molar-refractivity contribution in [2.45, 2.75) is 26.5 Å². The lowest BCUT2D eigenvalue weighted by atomic mass is 10.2. The predicted octanol–water partition coefficient (Wildman–Crippen LogP) is 4.00. The number of aliphatic hydroxyl groups excluding tert-OH is 1. The number of methoxy groups -OCH3 is 1. The van der Waals surface area contributed by atoms with Gasteiger partial charge in [-0.15, -0.1) is 0 Å². The Morgan fingerprint density at radius 1 is 1.07 bits per heavy atom. The van der Waals surface area contributed by atoms with Crippen LogP contribution in [0.2, 0.25) is 0 Å². The van der Waals surface area contributed by atoms with E-state index in [1.807, 2.05) is 75.5 Å². The molecule has 0 aliphatic rings. The number of ether oxygens (including phenoxy) is 3. The van der Waals surface area contributed by atoms with Gasteiger partial charge in [-0.3, -0.25) is 4.90 Å². The molecule has 2 aromatic rings. The molecule has 1 atom stereocenters. The molecule has 0 saturated heterocycles. The van der Waals surface area contributed by atoms with E-state index in [9.17, 15) is 5.11 Å². The first-order valence-corrected chi connectivity index (χ1v) is 9.57. The van der Waals surface area contributed by atoms with Crippen LogP contribution in [0.4, 0.5) is 0 Å². The molecule has 0 radical (unpaired) electrons. The monoisotopic (exact) mass is 385 g/mol. The van der Waals surface area contributed by atoms with Crippen LogP contribution in [-0.2, 0) is 6.54 Å². The molecule has 0 aliphatic heterocycles. The number of hydrogen-bond donors (Lipinski definition) is 1. The van der Waals surface area contributed by atoms with Crippen molar-refractivity contribution in [2.24, 2.45) is 0 Å². The summed E-state index contributed by atoms with van der Waals surface area (Å²) in [5, 5.41) is 10.3. The van der Waals surface area contributed by atoms with Gasteiger partial charge in [-0.1, -0.05) is 30.4 Å². The summed E-state index contributed by atoms with van der Waals surface area (Å²) in [6.07, 6.45) is 3.36. The zero-order chi connectivity index (χ0) is 20.4. The van der Waals surface area contributed by atoms with Gasteiger partial charge in [-0.05, 0) is 56.3 Å². The summed E-state index contributed by atoms with van der Waals surface area (Å²) in [6.45, 7) is 6.05. The van der Waals surface area contributed by atoms with Gasteiger partial charge >= 0.3 is 0 Å². The first-order chi connectivity index (χ1) is 13.5. The summed E-state index contributed by atoms with van der Waals surface area (Å²) in [5.41, 5.74) is 2.21. The zero-order valence-corrected chi connectivity index (χ0v) is 17.2. The van der Waals surface area contributed by atoms with E-state index in [4.69, 9.17) is 14.2 Å². The largest absolute Gasteiger partial charge is 0.494 e. The SMILES string of the molecule is C/C=C/c1ccc(OCC(O)CN(C)Cc2ccc(OCC)cc2)c(OC)c1. The lowest BCUT2D eigenvalue weighted by molar-refractivity contribution is 0.0733. The number of nitrogens with zero attached hydrogens (tertiary/aromatic N) is 1. The minimum Gasteiger partial charge on any atom is -0.494 e. The summed E-state index contributed by atoms with van der Waals surface area (Å²) in [5.74, 6) is 2.16. The van der Waals surface area contributed by atoms with Gasteiger partial charge in [-0.2, -0.15) is 0 Å². The van der Waals surface area contributed by atoms with Crippen molar-refractivity contribution in [1.29, 1.82) is 0 Å². The van der Waals surface area contributed by atoms with Gasteiger partial charge in [0.25, 0.3) is 0 Å². The average Bonchev–Trinajstić information content (AvgIpc) is 2.68. The maximum Gasteiger partial charge on any atom is 0.161 e. The second-order valence-electron chi connectivity index (χ2n) is 6.65. The topological polar surface area (TPSA) is 51.2 Å². The van der Waals surface area contributed by atoms with Gasteiger partial charge in [0.2, 0.25) is 0 Å². The fourth-order valence-electron chi connectivity index (χ4n) is 2.93. The summed E-state index contributed by atoms with van der Waals surface area (Å²) in [4.78, 5) is 2.07. The number of aliphatic hydroxyl groups is 1. The first-order valence-electron chi connectivity index (χ1n) is 9.57. The molecule has 5 heteroatoms. The molecule has 2 rings (SSSR count). The second-order valence-corrected chi connectivity index (χ2v) is 6.65. The average molecular weight is 386 g/mol. The van der Waals surface area contributed by atoms with Gasteiger partial charge in [0.15, 0.2) is 11.5 Å². The molecule has 152 valence electrons. The Kier molecular flexibility index (Phi) is 8.85. The maximum absolute atomic E-state index is 10.3. The fourth-order valence-corrected chi connectivity index (χ4v) is 2.93. The van der Waals surface area contributed by atoms with Crippen molar-refractivity contribution in [1.82, 2.24) is 4.90 Å². The molecular weight excluding hydrogens is 354 g/mol. The van der Waals surface area contributed by atoms with E-state index in [0.29, 0.717) is 24.7 Å². The third-order valence-corrected chi connectivity index (χ3v) is 4.19. The number of rotatable bonds is 11. The zero-order valence-electron chi connectivity index (χ0n) is 17.2. The van der Waals surface area contributed by atoms with Gasteiger partial charge in [0.05, 0.1) is 13.7 Å². The smallest absolute Gasteiger partial charge is 0.161 e. The van der Waals surface area contributed by atoms with Crippen LogP contribution >= 0.6 is 0 Å². The lowest BCUT2D eigenvalue weighted by Crippen LogP contribution is -2.32. The van der Waals surface area contributed by atoms with E-state index in [0.717, 1.165) is 17.9 Å². The Balaban J connectivity index is 1.83. The highest BCUT2D eigenvalue weighted by molar-refractivity contribution is 5.55. The van der Waals surface area contributed by atoms with Crippen molar-refractivity contribution in [3.05, 3.63) is 59.7 Å². The summed E-state index contributed by atoms with van der Waals surface area (Å²) >= 11 is 0. The van der Waals surface area contributed by atoms with Gasteiger partial charge in [0, 0.05) is 13.1 Å². The van der Waals surface area contributed by atoms with Crippen LogP contribution in [0.15, 0.2) is 48.5 Å².